The molecule has 2 aromatic heterocycles. The smallest absolute Gasteiger partial charge is 0.432 e. The number of sulfone groups is 1. The van der Waals surface area contributed by atoms with Gasteiger partial charge in [0.2, 0.25) is 0 Å². The number of benzene rings is 1. The number of anilines is 1. The van der Waals surface area contributed by atoms with Gasteiger partial charge in [0.15, 0.2) is 21.3 Å². The number of amides is 1. The van der Waals surface area contributed by atoms with Crippen LogP contribution in [0.3, 0.4) is 0 Å². The predicted octanol–water partition coefficient (Wildman–Crippen LogP) is 4.66. The van der Waals surface area contributed by atoms with E-state index in [0.29, 0.717) is 5.69 Å². The maximum atomic E-state index is 14.5. The summed E-state index contributed by atoms with van der Waals surface area (Å²) < 4.78 is 83.8. The standard InChI is InChI=1S/C22H18F4N4O4S/c1-11-17(20(31)27-13-4-3-5-14(10-13)35(2,32)33)21(30-29-18(11)22(24,25)26)34-16-9-8-15(12-6-7-12)28-19(16)23/h3-5,8-10,12H,6-7H2,1-2H3,(H,27,31). The van der Waals surface area contributed by atoms with E-state index in [9.17, 15) is 30.8 Å². The molecule has 1 N–H and O–H groups in total. The fraction of sp³-hybridized carbons (Fsp3) is 0.273. The highest BCUT2D eigenvalue weighted by atomic mass is 32.2. The number of hydrogen-bond acceptors (Lipinski definition) is 7. The summed E-state index contributed by atoms with van der Waals surface area (Å²) in [5, 5.41) is 8.85. The normalized spacial score (nSPS) is 14.0. The van der Waals surface area contributed by atoms with Crippen molar-refractivity contribution in [3.8, 4) is 11.6 Å². The number of ether oxygens (including phenoxy) is 1. The summed E-state index contributed by atoms with van der Waals surface area (Å²) in [5.74, 6) is -3.08. The molecule has 0 aliphatic heterocycles. The number of halogens is 4. The van der Waals surface area contributed by atoms with Crippen LogP contribution in [-0.2, 0) is 16.0 Å². The molecule has 0 radical (unpaired) electrons. The van der Waals surface area contributed by atoms with Crippen molar-refractivity contribution in [2.24, 2.45) is 0 Å². The number of carbonyl (C=O) groups excluding carboxylic acids is 1. The van der Waals surface area contributed by atoms with Crippen LogP contribution in [0.5, 0.6) is 11.6 Å². The summed E-state index contributed by atoms with van der Waals surface area (Å²) in [6.07, 6.45) is -2.22. The topological polar surface area (TPSA) is 111 Å². The summed E-state index contributed by atoms with van der Waals surface area (Å²) in [4.78, 5) is 16.7. The third-order valence-corrected chi connectivity index (χ3v) is 6.35. The first-order valence-electron chi connectivity index (χ1n) is 10.2. The molecule has 3 aromatic rings. The molecule has 1 aromatic carbocycles. The molecule has 1 aliphatic carbocycles. The molecule has 4 rings (SSSR count). The number of nitrogens with zero attached hydrogens (tertiary/aromatic N) is 3. The molecule has 0 saturated heterocycles. The van der Waals surface area contributed by atoms with Gasteiger partial charge in [-0.2, -0.15) is 17.6 Å². The Kier molecular flexibility index (Phi) is 6.21. The van der Waals surface area contributed by atoms with E-state index in [1.165, 1.54) is 30.3 Å². The number of hydrogen-bond donors (Lipinski definition) is 1. The molecular weight excluding hydrogens is 492 g/mol. The minimum Gasteiger partial charge on any atom is -0.432 e. The molecular formula is C22H18F4N4O4S. The summed E-state index contributed by atoms with van der Waals surface area (Å²) in [6.45, 7) is 0.997. The zero-order valence-electron chi connectivity index (χ0n) is 18.4. The van der Waals surface area contributed by atoms with Gasteiger partial charge in [0.05, 0.1) is 4.90 Å². The third kappa shape index (κ3) is 5.39. The lowest BCUT2D eigenvalue weighted by molar-refractivity contribution is -0.142. The van der Waals surface area contributed by atoms with Gasteiger partial charge in [-0.1, -0.05) is 6.07 Å². The van der Waals surface area contributed by atoms with Crippen LogP contribution in [0.25, 0.3) is 0 Å². The SMILES string of the molecule is Cc1c(C(F)(F)F)nnc(Oc2ccc(C3CC3)nc2F)c1C(=O)Nc1cccc(S(C)(=O)=O)c1. The van der Waals surface area contributed by atoms with Crippen molar-refractivity contribution in [1.82, 2.24) is 15.2 Å². The average molecular weight is 510 g/mol. The van der Waals surface area contributed by atoms with Gasteiger partial charge in [-0.15, -0.1) is 10.2 Å². The van der Waals surface area contributed by atoms with Gasteiger partial charge in [0, 0.05) is 23.6 Å². The van der Waals surface area contributed by atoms with Gasteiger partial charge < -0.3 is 10.1 Å². The first-order chi connectivity index (χ1) is 16.3. The maximum absolute atomic E-state index is 14.5. The lowest BCUT2D eigenvalue weighted by Gasteiger charge is -2.16. The van der Waals surface area contributed by atoms with Gasteiger partial charge >= 0.3 is 6.18 Å². The fourth-order valence-corrected chi connectivity index (χ4v) is 3.99. The van der Waals surface area contributed by atoms with Crippen molar-refractivity contribution in [2.75, 3.05) is 11.6 Å². The van der Waals surface area contributed by atoms with Crippen LogP contribution in [-0.4, -0.2) is 35.8 Å². The predicted molar refractivity (Wildman–Crippen MR) is 116 cm³/mol. The Morgan fingerprint density at radius 1 is 1.14 bits per heavy atom. The van der Waals surface area contributed by atoms with Crippen molar-refractivity contribution in [1.29, 1.82) is 0 Å². The molecule has 0 atom stereocenters. The van der Waals surface area contributed by atoms with Gasteiger partial charge in [0.1, 0.15) is 5.56 Å². The average Bonchev–Trinajstić information content (AvgIpc) is 3.59. The van der Waals surface area contributed by atoms with Crippen LogP contribution in [0.4, 0.5) is 23.2 Å². The molecule has 0 unspecified atom stereocenters. The van der Waals surface area contributed by atoms with Crippen molar-refractivity contribution < 1.29 is 35.5 Å². The fourth-order valence-electron chi connectivity index (χ4n) is 3.33. The van der Waals surface area contributed by atoms with Crippen molar-refractivity contribution in [3.05, 3.63) is 64.9 Å². The van der Waals surface area contributed by atoms with Gasteiger partial charge in [-0.05, 0) is 55.7 Å². The molecule has 0 bridgehead atoms. The highest BCUT2D eigenvalue weighted by Gasteiger charge is 2.38. The van der Waals surface area contributed by atoms with Crippen LogP contribution in [0, 0.1) is 12.9 Å². The van der Waals surface area contributed by atoms with Crippen molar-refractivity contribution in [3.63, 3.8) is 0 Å². The summed E-state index contributed by atoms with van der Waals surface area (Å²) >= 11 is 0. The zero-order chi connectivity index (χ0) is 25.5. The Hall–Kier alpha value is -3.61. The monoisotopic (exact) mass is 510 g/mol. The van der Waals surface area contributed by atoms with E-state index in [1.54, 1.807) is 0 Å². The Morgan fingerprint density at radius 2 is 1.86 bits per heavy atom. The second-order valence-corrected chi connectivity index (χ2v) is 10.0. The lowest BCUT2D eigenvalue weighted by atomic mass is 10.1. The Labute approximate surface area is 197 Å². The van der Waals surface area contributed by atoms with E-state index >= 15 is 0 Å². The van der Waals surface area contributed by atoms with Gasteiger partial charge in [0.25, 0.3) is 17.7 Å². The lowest BCUT2D eigenvalue weighted by Crippen LogP contribution is -2.21. The third-order valence-electron chi connectivity index (χ3n) is 5.24. The van der Waals surface area contributed by atoms with E-state index in [0.717, 1.165) is 32.1 Å². The van der Waals surface area contributed by atoms with E-state index in [-0.39, 0.29) is 16.5 Å². The molecule has 13 heteroatoms. The zero-order valence-corrected chi connectivity index (χ0v) is 19.2. The van der Waals surface area contributed by atoms with Gasteiger partial charge in [-0.3, -0.25) is 4.79 Å². The molecule has 35 heavy (non-hydrogen) atoms. The Balaban J connectivity index is 1.73. The van der Waals surface area contributed by atoms with Crippen LogP contribution >= 0.6 is 0 Å². The van der Waals surface area contributed by atoms with Crippen molar-refractivity contribution in [2.45, 2.75) is 36.8 Å². The first-order valence-corrected chi connectivity index (χ1v) is 12.1. The molecule has 1 amide bonds. The highest BCUT2D eigenvalue weighted by Crippen LogP contribution is 2.40. The number of alkyl halides is 3. The minimum absolute atomic E-state index is 0.00437. The maximum Gasteiger partial charge on any atom is 0.435 e. The molecule has 2 heterocycles. The molecule has 1 saturated carbocycles. The van der Waals surface area contributed by atoms with Crippen LogP contribution in [0.1, 0.15) is 46.1 Å². The molecule has 0 spiro atoms. The molecule has 1 aliphatic rings. The van der Waals surface area contributed by atoms with Crippen LogP contribution < -0.4 is 10.1 Å². The van der Waals surface area contributed by atoms with Crippen molar-refractivity contribution >= 4 is 21.4 Å². The molecule has 184 valence electrons. The number of pyridine rings is 1. The van der Waals surface area contributed by atoms with E-state index < -0.39 is 56.3 Å². The molecule has 8 nitrogen and oxygen atoms in total. The summed E-state index contributed by atoms with van der Waals surface area (Å²) in [5.41, 5.74) is -2.17. The highest BCUT2D eigenvalue weighted by molar-refractivity contribution is 7.90. The van der Waals surface area contributed by atoms with Crippen LogP contribution in [0.15, 0.2) is 41.3 Å². The Bertz CT molecular complexity index is 1420. The largest absolute Gasteiger partial charge is 0.435 e. The van der Waals surface area contributed by atoms with E-state index in [4.69, 9.17) is 4.74 Å². The summed E-state index contributed by atoms with van der Waals surface area (Å²) in [7, 11) is -3.61. The number of nitrogens with one attached hydrogen (secondary N) is 1. The van der Waals surface area contributed by atoms with Gasteiger partial charge in [-0.25, -0.2) is 13.4 Å². The number of aromatic nitrogens is 3. The molecule has 1 fully saturated rings. The number of rotatable bonds is 6. The first kappa shape index (κ1) is 24.5. The minimum atomic E-state index is -4.93. The van der Waals surface area contributed by atoms with Crippen LogP contribution in [0.2, 0.25) is 0 Å². The summed E-state index contributed by atoms with van der Waals surface area (Å²) in [6, 6.07) is 7.91. The quantitative estimate of drug-likeness (QED) is 0.379. The second kappa shape index (κ2) is 8.87. The van der Waals surface area contributed by atoms with E-state index in [2.05, 4.69) is 20.5 Å². The Morgan fingerprint density at radius 3 is 2.46 bits per heavy atom. The van der Waals surface area contributed by atoms with E-state index in [1.807, 2.05) is 0 Å². The second-order valence-electron chi connectivity index (χ2n) is 8.01. The number of carbonyl (C=O) groups is 1.